The fourth-order valence-corrected chi connectivity index (χ4v) is 3.08. The zero-order valence-corrected chi connectivity index (χ0v) is 18.5. The monoisotopic (exact) mass is 439 g/mol. The molecule has 31 heavy (non-hydrogen) atoms. The van der Waals surface area contributed by atoms with Crippen LogP contribution in [0.25, 0.3) is 6.08 Å². The Morgan fingerprint density at radius 2 is 1.77 bits per heavy atom. The largest absolute Gasteiger partial charge is 0.493 e. The molecule has 2 aromatic rings. The second-order valence-electron chi connectivity index (χ2n) is 7.18. The molecule has 7 nitrogen and oxygen atoms in total. The SMILES string of the molecule is COc1ccc(/C=C/C(=O)NC(=S)Nc2ccc(C)c(NC(=O)C3CC3)c2)cc1OC. The summed E-state index contributed by atoms with van der Waals surface area (Å²) < 4.78 is 10.5. The smallest absolute Gasteiger partial charge is 0.250 e. The van der Waals surface area contributed by atoms with Gasteiger partial charge in [-0.3, -0.25) is 14.9 Å². The number of amides is 2. The number of carbonyl (C=O) groups is 2. The molecule has 0 saturated heterocycles. The van der Waals surface area contributed by atoms with Gasteiger partial charge in [0.25, 0.3) is 0 Å². The molecule has 0 radical (unpaired) electrons. The van der Waals surface area contributed by atoms with Crippen molar-refractivity contribution in [3.63, 3.8) is 0 Å². The summed E-state index contributed by atoms with van der Waals surface area (Å²) in [5, 5.41) is 8.67. The number of carbonyl (C=O) groups excluding carboxylic acids is 2. The Kier molecular flexibility index (Phi) is 7.25. The van der Waals surface area contributed by atoms with Gasteiger partial charge in [0.1, 0.15) is 0 Å². The molecule has 2 amide bonds. The van der Waals surface area contributed by atoms with Crippen molar-refractivity contribution in [1.29, 1.82) is 0 Å². The summed E-state index contributed by atoms with van der Waals surface area (Å²) in [5.41, 5.74) is 3.13. The quantitative estimate of drug-likeness (QED) is 0.448. The Morgan fingerprint density at radius 1 is 1.03 bits per heavy atom. The van der Waals surface area contributed by atoms with E-state index in [1.54, 1.807) is 38.5 Å². The third kappa shape index (κ3) is 6.29. The zero-order valence-electron chi connectivity index (χ0n) is 17.7. The maximum Gasteiger partial charge on any atom is 0.250 e. The Morgan fingerprint density at radius 3 is 2.45 bits per heavy atom. The van der Waals surface area contributed by atoms with Gasteiger partial charge in [0.2, 0.25) is 11.8 Å². The molecule has 1 aliphatic carbocycles. The molecule has 3 rings (SSSR count). The van der Waals surface area contributed by atoms with Gasteiger partial charge in [0.05, 0.1) is 14.2 Å². The number of benzene rings is 2. The predicted octanol–water partition coefficient (Wildman–Crippen LogP) is 3.89. The number of rotatable bonds is 7. The van der Waals surface area contributed by atoms with Crippen LogP contribution in [0.15, 0.2) is 42.5 Å². The summed E-state index contributed by atoms with van der Waals surface area (Å²) in [5.74, 6) is 0.971. The van der Waals surface area contributed by atoms with Crippen molar-refractivity contribution in [2.75, 3.05) is 24.9 Å². The van der Waals surface area contributed by atoms with Crippen molar-refractivity contribution in [1.82, 2.24) is 5.32 Å². The lowest BCUT2D eigenvalue weighted by Gasteiger charge is -2.12. The molecule has 0 atom stereocenters. The molecular weight excluding hydrogens is 414 g/mol. The molecule has 1 fully saturated rings. The van der Waals surface area contributed by atoms with Crippen molar-refractivity contribution in [2.45, 2.75) is 19.8 Å². The molecular formula is C23H25N3O4S. The van der Waals surface area contributed by atoms with Crippen LogP contribution in [0.4, 0.5) is 11.4 Å². The Hall–Kier alpha value is -3.39. The maximum atomic E-state index is 12.2. The number of aryl methyl sites for hydroxylation is 1. The van der Waals surface area contributed by atoms with Crippen LogP contribution >= 0.6 is 12.2 Å². The maximum absolute atomic E-state index is 12.2. The molecule has 2 aromatic carbocycles. The van der Waals surface area contributed by atoms with E-state index in [4.69, 9.17) is 21.7 Å². The van der Waals surface area contributed by atoms with E-state index in [0.29, 0.717) is 17.2 Å². The first-order valence-electron chi connectivity index (χ1n) is 9.83. The van der Waals surface area contributed by atoms with Gasteiger partial charge in [0, 0.05) is 23.4 Å². The molecule has 1 aliphatic rings. The van der Waals surface area contributed by atoms with Gasteiger partial charge >= 0.3 is 0 Å². The van der Waals surface area contributed by atoms with Crippen molar-refractivity contribution in [3.8, 4) is 11.5 Å². The lowest BCUT2D eigenvalue weighted by atomic mass is 10.1. The van der Waals surface area contributed by atoms with E-state index in [0.717, 1.165) is 29.7 Å². The molecule has 0 spiro atoms. The summed E-state index contributed by atoms with van der Waals surface area (Å²) in [6.45, 7) is 1.92. The fraction of sp³-hybridized carbons (Fsp3) is 0.261. The van der Waals surface area contributed by atoms with E-state index in [1.807, 2.05) is 25.1 Å². The minimum absolute atomic E-state index is 0.0384. The van der Waals surface area contributed by atoms with Crippen LogP contribution in [0.3, 0.4) is 0 Å². The second kappa shape index (κ2) is 10.1. The topological polar surface area (TPSA) is 88.7 Å². The highest BCUT2D eigenvalue weighted by Gasteiger charge is 2.29. The number of nitrogens with one attached hydrogen (secondary N) is 3. The Labute approximate surface area is 186 Å². The highest BCUT2D eigenvalue weighted by atomic mass is 32.1. The van der Waals surface area contributed by atoms with Crippen LogP contribution in [-0.4, -0.2) is 31.1 Å². The highest BCUT2D eigenvalue weighted by Crippen LogP contribution is 2.31. The summed E-state index contributed by atoms with van der Waals surface area (Å²) in [4.78, 5) is 24.2. The average molecular weight is 440 g/mol. The Bertz CT molecular complexity index is 1030. The summed E-state index contributed by atoms with van der Waals surface area (Å²) in [7, 11) is 3.11. The van der Waals surface area contributed by atoms with Crippen molar-refractivity contribution < 1.29 is 19.1 Å². The number of hydrogen-bond acceptors (Lipinski definition) is 5. The lowest BCUT2D eigenvalue weighted by molar-refractivity contribution is -0.117. The van der Waals surface area contributed by atoms with Crippen molar-refractivity contribution in [2.24, 2.45) is 5.92 Å². The first-order valence-corrected chi connectivity index (χ1v) is 10.2. The van der Waals surface area contributed by atoms with Gasteiger partial charge < -0.3 is 20.1 Å². The van der Waals surface area contributed by atoms with Gasteiger partial charge in [-0.1, -0.05) is 12.1 Å². The number of thiocarbonyl (C=S) groups is 1. The van der Waals surface area contributed by atoms with E-state index >= 15 is 0 Å². The fourth-order valence-electron chi connectivity index (χ4n) is 2.86. The van der Waals surface area contributed by atoms with Crippen LogP contribution in [0, 0.1) is 12.8 Å². The van der Waals surface area contributed by atoms with E-state index in [1.165, 1.54) is 6.08 Å². The van der Waals surface area contributed by atoms with Gasteiger partial charge in [-0.05, 0) is 73.5 Å². The average Bonchev–Trinajstić information content (AvgIpc) is 3.59. The summed E-state index contributed by atoms with van der Waals surface area (Å²) >= 11 is 5.23. The van der Waals surface area contributed by atoms with Gasteiger partial charge in [0.15, 0.2) is 16.6 Å². The number of methoxy groups -OCH3 is 2. The van der Waals surface area contributed by atoms with Crippen LogP contribution in [0.5, 0.6) is 11.5 Å². The number of ether oxygens (including phenoxy) is 2. The number of anilines is 2. The zero-order chi connectivity index (χ0) is 22.4. The van der Waals surface area contributed by atoms with E-state index in [2.05, 4.69) is 16.0 Å². The molecule has 3 N–H and O–H groups in total. The van der Waals surface area contributed by atoms with E-state index < -0.39 is 0 Å². The number of hydrogen-bond donors (Lipinski definition) is 3. The van der Waals surface area contributed by atoms with E-state index in [9.17, 15) is 9.59 Å². The van der Waals surface area contributed by atoms with Gasteiger partial charge in [-0.15, -0.1) is 0 Å². The highest BCUT2D eigenvalue weighted by molar-refractivity contribution is 7.80. The van der Waals surface area contributed by atoms with Gasteiger partial charge in [-0.25, -0.2) is 0 Å². The van der Waals surface area contributed by atoms with E-state index in [-0.39, 0.29) is 22.8 Å². The first-order chi connectivity index (χ1) is 14.9. The summed E-state index contributed by atoms with van der Waals surface area (Å²) in [6, 6.07) is 10.9. The predicted molar refractivity (Wildman–Crippen MR) is 125 cm³/mol. The minimum Gasteiger partial charge on any atom is -0.493 e. The minimum atomic E-state index is -0.373. The lowest BCUT2D eigenvalue weighted by Crippen LogP contribution is -2.32. The van der Waals surface area contributed by atoms with Crippen molar-refractivity contribution in [3.05, 3.63) is 53.6 Å². The summed E-state index contributed by atoms with van der Waals surface area (Å²) in [6.07, 6.45) is 4.91. The molecule has 0 aliphatic heterocycles. The second-order valence-corrected chi connectivity index (χ2v) is 7.59. The molecule has 162 valence electrons. The van der Waals surface area contributed by atoms with Gasteiger partial charge in [-0.2, -0.15) is 0 Å². The molecule has 0 unspecified atom stereocenters. The Balaban J connectivity index is 1.57. The molecule has 8 heteroatoms. The third-order valence-electron chi connectivity index (χ3n) is 4.77. The van der Waals surface area contributed by atoms with Crippen LogP contribution in [-0.2, 0) is 9.59 Å². The molecule has 0 aromatic heterocycles. The van der Waals surface area contributed by atoms with Crippen molar-refractivity contribution >= 4 is 46.6 Å². The normalized spacial score (nSPS) is 12.9. The molecule has 0 heterocycles. The van der Waals surface area contributed by atoms with Crippen LogP contribution in [0.1, 0.15) is 24.0 Å². The molecule has 0 bridgehead atoms. The standard InChI is InChI=1S/C23H25N3O4S/c1-14-4-9-17(13-18(14)25-22(28)16-7-8-16)24-23(31)26-21(27)11-6-15-5-10-19(29-2)20(12-15)30-3/h4-6,9-13,16H,7-8H2,1-3H3,(H,25,28)(H2,24,26,27,31)/b11-6+. The molecule has 1 saturated carbocycles. The van der Waals surface area contributed by atoms with Crippen LogP contribution in [0.2, 0.25) is 0 Å². The third-order valence-corrected chi connectivity index (χ3v) is 4.98. The van der Waals surface area contributed by atoms with Crippen LogP contribution < -0.4 is 25.4 Å². The first kappa shape index (κ1) is 22.3.